The molecule has 0 aliphatic heterocycles. The molecule has 0 aliphatic carbocycles. The van der Waals surface area contributed by atoms with Gasteiger partial charge in [0.2, 0.25) is 0 Å². The van der Waals surface area contributed by atoms with Crippen LogP contribution >= 0.6 is 0 Å². The summed E-state index contributed by atoms with van der Waals surface area (Å²) in [4.78, 5) is 30.5. The minimum absolute atomic E-state index is 0.125. The zero-order chi connectivity index (χ0) is 16.4. The van der Waals surface area contributed by atoms with Crippen LogP contribution in [0.3, 0.4) is 0 Å². The minimum atomic E-state index is -0.376. The monoisotopic (exact) mass is 309 g/mol. The summed E-state index contributed by atoms with van der Waals surface area (Å²) in [6.07, 6.45) is 1.61. The third kappa shape index (κ3) is 2.97. The number of aromatic nitrogens is 4. The Bertz CT molecular complexity index is 773. The average Bonchev–Trinajstić information content (AvgIpc) is 2.86. The Morgan fingerprint density at radius 3 is 2.64 bits per heavy atom. The molecule has 0 bridgehead atoms. The number of imidazole rings is 1. The normalized spacial score (nSPS) is 13.2. The zero-order valence-corrected chi connectivity index (χ0v) is 13.5. The molecule has 0 spiro atoms. The number of aliphatic hydroxyl groups excluding tert-OH is 1. The van der Waals surface area contributed by atoms with Crippen LogP contribution in [0.25, 0.3) is 11.2 Å². The SMILES string of the molecule is C[C@H](CN(C)CCO)Cn1cnc2c1c(=O)n(C)c(=O)n2C. The van der Waals surface area contributed by atoms with E-state index < -0.39 is 0 Å². The summed E-state index contributed by atoms with van der Waals surface area (Å²) in [6.45, 7) is 4.24. The van der Waals surface area contributed by atoms with Crippen molar-refractivity contribution in [3.63, 3.8) is 0 Å². The molecule has 2 heterocycles. The average molecular weight is 309 g/mol. The van der Waals surface area contributed by atoms with E-state index >= 15 is 0 Å². The van der Waals surface area contributed by atoms with Gasteiger partial charge in [-0.25, -0.2) is 9.78 Å². The molecule has 8 nitrogen and oxygen atoms in total. The van der Waals surface area contributed by atoms with E-state index in [-0.39, 0.29) is 23.8 Å². The van der Waals surface area contributed by atoms with Crippen molar-refractivity contribution < 1.29 is 5.11 Å². The van der Waals surface area contributed by atoms with Crippen molar-refractivity contribution in [1.29, 1.82) is 0 Å². The summed E-state index contributed by atoms with van der Waals surface area (Å²) in [6, 6.07) is 0. The van der Waals surface area contributed by atoms with Gasteiger partial charge < -0.3 is 14.6 Å². The lowest BCUT2D eigenvalue weighted by Crippen LogP contribution is -2.38. The van der Waals surface area contributed by atoms with Crippen molar-refractivity contribution in [2.45, 2.75) is 13.5 Å². The van der Waals surface area contributed by atoms with E-state index in [9.17, 15) is 9.59 Å². The second-order valence-corrected chi connectivity index (χ2v) is 5.87. The molecule has 1 N–H and O–H groups in total. The maximum atomic E-state index is 12.3. The third-order valence-electron chi connectivity index (χ3n) is 3.83. The number of aliphatic hydroxyl groups is 1. The van der Waals surface area contributed by atoms with Gasteiger partial charge in [0, 0.05) is 33.7 Å². The number of hydrogen-bond acceptors (Lipinski definition) is 5. The van der Waals surface area contributed by atoms with Crippen LogP contribution < -0.4 is 11.2 Å². The van der Waals surface area contributed by atoms with Gasteiger partial charge in [-0.2, -0.15) is 0 Å². The first kappa shape index (κ1) is 16.4. The minimum Gasteiger partial charge on any atom is -0.395 e. The van der Waals surface area contributed by atoms with Crippen LogP contribution in [0.15, 0.2) is 15.9 Å². The lowest BCUT2D eigenvalue weighted by molar-refractivity contribution is 0.201. The molecule has 1 atom stereocenters. The molecule has 0 aromatic carbocycles. The molecule has 0 radical (unpaired) electrons. The predicted molar refractivity (Wildman–Crippen MR) is 84.0 cm³/mol. The van der Waals surface area contributed by atoms with Gasteiger partial charge in [0.15, 0.2) is 11.2 Å². The molecule has 122 valence electrons. The van der Waals surface area contributed by atoms with Crippen molar-refractivity contribution in [2.24, 2.45) is 20.0 Å². The molecule has 0 amide bonds. The quantitative estimate of drug-likeness (QED) is 0.739. The zero-order valence-electron chi connectivity index (χ0n) is 13.5. The van der Waals surface area contributed by atoms with Gasteiger partial charge in [-0.3, -0.25) is 13.9 Å². The van der Waals surface area contributed by atoms with E-state index in [0.29, 0.717) is 24.3 Å². The molecule has 8 heteroatoms. The molecule has 0 saturated heterocycles. The van der Waals surface area contributed by atoms with Crippen LogP contribution in [-0.2, 0) is 20.6 Å². The fourth-order valence-corrected chi connectivity index (χ4v) is 2.72. The van der Waals surface area contributed by atoms with Crippen LogP contribution in [0.2, 0.25) is 0 Å². The molecule has 2 aromatic heterocycles. The number of rotatable bonds is 6. The summed E-state index contributed by atoms with van der Waals surface area (Å²) in [5.41, 5.74) is 0.148. The topological polar surface area (TPSA) is 85.3 Å². The van der Waals surface area contributed by atoms with E-state index in [1.165, 1.54) is 11.6 Å². The second-order valence-electron chi connectivity index (χ2n) is 5.87. The van der Waals surface area contributed by atoms with Crippen molar-refractivity contribution in [3.05, 3.63) is 27.2 Å². The summed E-state index contributed by atoms with van der Waals surface area (Å²) < 4.78 is 4.29. The molecule has 0 saturated carbocycles. The Hall–Kier alpha value is -1.93. The highest BCUT2D eigenvalue weighted by Gasteiger charge is 2.16. The van der Waals surface area contributed by atoms with Gasteiger partial charge in [0.25, 0.3) is 5.56 Å². The van der Waals surface area contributed by atoms with Crippen LogP contribution in [0.1, 0.15) is 6.92 Å². The predicted octanol–water partition coefficient (Wildman–Crippen LogP) is -1.01. The summed E-state index contributed by atoms with van der Waals surface area (Å²) >= 11 is 0. The van der Waals surface area contributed by atoms with E-state index in [4.69, 9.17) is 5.11 Å². The first-order valence-corrected chi connectivity index (χ1v) is 7.27. The second kappa shape index (κ2) is 6.45. The van der Waals surface area contributed by atoms with E-state index in [0.717, 1.165) is 11.1 Å². The standard InChI is InChI=1S/C14H23N5O3/c1-10(7-16(2)5-6-20)8-19-9-15-12-11(19)13(21)18(4)14(22)17(12)3/h9-10,20H,5-8H2,1-4H3/t10-/m1/s1. The van der Waals surface area contributed by atoms with E-state index in [2.05, 4.69) is 11.9 Å². The van der Waals surface area contributed by atoms with Crippen LogP contribution in [0, 0.1) is 5.92 Å². The summed E-state index contributed by atoms with van der Waals surface area (Å²) in [5, 5.41) is 8.94. The van der Waals surface area contributed by atoms with Crippen molar-refractivity contribution in [1.82, 2.24) is 23.6 Å². The number of aryl methyl sites for hydroxylation is 1. The molecule has 0 fully saturated rings. The summed E-state index contributed by atoms with van der Waals surface area (Å²) in [5.74, 6) is 0.274. The van der Waals surface area contributed by atoms with Gasteiger partial charge in [0.05, 0.1) is 12.9 Å². The van der Waals surface area contributed by atoms with Gasteiger partial charge in [0.1, 0.15) is 0 Å². The number of hydrogen-bond donors (Lipinski definition) is 1. The molecule has 22 heavy (non-hydrogen) atoms. The fraction of sp³-hybridized carbons (Fsp3) is 0.643. The Balaban J connectivity index is 2.34. The largest absolute Gasteiger partial charge is 0.395 e. The molecule has 2 rings (SSSR count). The van der Waals surface area contributed by atoms with Gasteiger partial charge >= 0.3 is 5.69 Å². The van der Waals surface area contributed by atoms with Crippen LogP contribution in [0.5, 0.6) is 0 Å². The molecule has 2 aromatic rings. The number of fused-ring (bicyclic) bond motifs is 1. The Morgan fingerprint density at radius 2 is 2.00 bits per heavy atom. The highest BCUT2D eigenvalue weighted by molar-refractivity contribution is 5.69. The highest BCUT2D eigenvalue weighted by Crippen LogP contribution is 2.09. The van der Waals surface area contributed by atoms with Crippen LogP contribution in [-0.4, -0.2) is 55.4 Å². The maximum Gasteiger partial charge on any atom is 0.332 e. The first-order valence-electron chi connectivity index (χ1n) is 7.27. The molecular formula is C14H23N5O3. The lowest BCUT2D eigenvalue weighted by atomic mass is 10.1. The van der Waals surface area contributed by atoms with Crippen molar-refractivity contribution in [3.8, 4) is 0 Å². The smallest absolute Gasteiger partial charge is 0.332 e. The van der Waals surface area contributed by atoms with E-state index in [1.807, 2.05) is 11.9 Å². The first-order chi connectivity index (χ1) is 10.4. The van der Waals surface area contributed by atoms with Crippen molar-refractivity contribution in [2.75, 3.05) is 26.7 Å². The summed E-state index contributed by atoms with van der Waals surface area (Å²) in [7, 11) is 5.03. The maximum absolute atomic E-state index is 12.3. The Kier molecular flexibility index (Phi) is 4.82. The van der Waals surface area contributed by atoms with Gasteiger partial charge in [-0.1, -0.05) is 6.92 Å². The van der Waals surface area contributed by atoms with Gasteiger partial charge in [-0.05, 0) is 13.0 Å². The van der Waals surface area contributed by atoms with Crippen molar-refractivity contribution >= 4 is 11.2 Å². The van der Waals surface area contributed by atoms with Crippen LogP contribution in [0.4, 0.5) is 0 Å². The third-order valence-corrected chi connectivity index (χ3v) is 3.83. The molecule has 0 aliphatic rings. The Morgan fingerprint density at radius 1 is 1.32 bits per heavy atom. The van der Waals surface area contributed by atoms with E-state index in [1.54, 1.807) is 17.9 Å². The number of likely N-dealkylation sites (N-methyl/N-ethyl adjacent to an activating group) is 1. The van der Waals surface area contributed by atoms with Gasteiger partial charge in [-0.15, -0.1) is 0 Å². The molecule has 0 unspecified atom stereocenters. The fourth-order valence-electron chi connectivity index (χ4n) is 2.72. The molecular weight excluding hydrogens is 286 g/mol. The lowest BCUT2D eigenvalue weighted by Gasteiger charge is -2.20. The highest BCUT2D eigenvalue weighted by atomic mass is 16.3. The number of nitrogens with zero attached hydrogens (tertiary/aromatic N) is 5. The Labute approximate surface area is 128 Å².